The fraction of sp³-hybridized carbons (Fsp3) is 0.350. The number of nitrogens with zero attached hydrogens (tertiary/aromatic N) is 3. The summed E-state index contributed by atoms with van der Waals surface area (Å²) < 4.78 is 0. The van der Waals surface area contributed by atoms with Crippen LogP contribution in [0.5, 0.6) is 0 Å². The lowest BCUT2D eigenvalue weighted by Crippen LogP contribution is -2.29. The summed E-state index contributed by atoms with van der Waals surface area (Å²) in [5, 5.41) is 4.05. The summed E-state index contributed by atoms with van der Waals surface area (Å²) in [4.78, 5) is 26.6. The van der Waals surface area contributed by atoms with Crippen LogP contribution in [-0.2, 0) is 0 Å². The van der Waals surface area contributed by atoms with Gasteiger partial charge in [0.2, 0.25) is 0 Å². The Morgan fingerprint density at radius 2 is 2.12 bits per heavy atom. The van der Waals surface area contributed by atoms with E-state index < -0.39 is 0 Å². The maximum atomic E-state index is 12.3. The van der Waals surface area contributed by atoms with Crippen LogP contribution in [0.1, 0.15) is 25.2 Å². The highest BCUT2D eigenvalue weighted by Gasteiger charge is 2.28. The topological polar surface area (TPSA) is 73.9 Å². The molecule has 2 atom stereocenters. The van der Waals surface area contributed by atoms with Gasteiger partial charge >= 0.3 is 0 Å². The zero-order valence-electron chi connectivity index (χ0n) is 14.9. The van der Waals surface area contributed by atoms with Crippen LogP contribution < -0.4 is 10.9 Å². The molecule has 0 bridgehead atoms. The molecule has 1 saturated heterocycles. The van der Waals surface area contributed by atoms with Crippen molar-refractivity contribution >= 4 is 16.7 Å². The number of likely N-dealkylation sites (tertiary alicyclic amines) is 1. The van der Waals surface area contributed by atoms with Crippen LogP contribution in [0.15, 0.2) is 53.5 Å². The van der Waals surface area contributed by atoms with Crippen LogP contribution in [0.4, 0.5) is 5.82 Å². The molecule has 0 saturated carbocycles. The van der Waals surface area contributed by atoms with Crippen molar-refractivity contribution in [1.29, 1.82) is 0 Å². The molecule has 0 amide bonds. The van der Waals surface area contributed by atoms with Crippen LogP contribution in [0.3, 0.4) is 0 Å². The second-order valence-electron chi connectivity index (χ2n) is 6.89. The van der Waals surface area contributed by atoms with Gasteiger partial charge in [-0.15, -0.1) is 0 Å². The van der Waals surface area contributed by atoms with E-state index in [1.54, 1.807) is 6.20 Å². The predicted octanol–water partition coefficient (Wildman–Crippen LogP) is 2.81. The van der Waals surface area contributed by atoms with E-state index in [1.165, 1.54) is 0 Å². The molecular weight excluding hydrogens is 326 g/mol. The maximum Gasteiger partial charge on any atom is 0.258 e. The number of pyridine rings is 1. The SMILES string of the molecule is C[C@@H](c1nc2ccccc2c(=O)[nH]1)N1CC[C@@H](CNc2ccccn2)C1. The third-order valence-corrected chi connectivity index (χ3v) is 5.13. The molecule has 3 aromatic rings. The van der Waals surface area contributed by atoms with Crippen molar-refractivity contribution in [1.82, 2.24) is 19.9 Å². The zero-order chi connectivity index (χ0) is 17.9. The number of hydrogen-bond donors (Lipinski definition) is 2. The molecule has 0 aliphatic carbocycles. The lowest BCUT2D eigenvalue weighted by molar-refractivity contribution is 0.245. The van der Waals surface area contributed by atoms with E-state index in [0.29, 0.717) is 11.3 Å². The lowest BCUT2D eigenvalue weighted by atomic mass is 10.1. The van der Waals surface area contributed by atoms with Crippen LogP contribution in [0, 0.1) is 5.92 Å². The fourth-order valence-electron chi connectivity index (χ4n) is 3.57. The molecule has 0 radical (unpaired) electrons. The van der Waals surface area contributed by atoms with Gasteiger partial charge in [0.05, 0.1) is 16.9 Å². The molecule has 0 spiro atoms. The number of nitrogens with one attached hydrogen (secondary N) is 2. The number of fused-ring (bicyclic) bond motifs is 1. The molecule has 134 valence electrons. The highest BCUT2D eigenvalue weighted by molar-refractivity contribution is 5.77. The van der Waals surface area contributed by atoms with E-state index in [2.05, 4.69) is 32.1 Å². The van der Waals surface area contributed by atoms with Gasteiger partial charge in [-0.25, -0.2) is 9.97 Å². The van der Waals surface area contributed by atoms with E-state index in [1.807, 2.05) is 42.5 Å². The molecule has 1 fully saturated rings. The number of rotatable bonds is 5. The monoisotopic (exact) mass is 349 g/mol. The Morgan fingerprint density at radius 1 is 1.27 bits per heavy atom. The normalized spacial score (nSPS) is 18.9. The predicted molar refractivity (Wildman–Crippen MR) is 103 cm³/mol. The van der Waals surface area contributed by atoms with E-state index >= 15 is 0 Å². The molecule has 0 unspecified atom stereocenters. The van der Waals surface area contributed by atoms with Crippen LogP contribution in [0.2, 0.25) is 0 Å². The van der Waals surface area contributed by atoms with Crippen molar-refractivity contribution in [3.8, 4) is 0 Å². The summed E-state index contributed by atoms with van der Waals surface area (Å²) in [6.45, 7) is 5.01. The second kappa shape index (κ2) is 7.25. The number of H-pyrrole nitrogens is 1. The Hall–Kier alpha value is -2.73. The van der Waals surface area contributed by atoms with Gasteiger partial charge < -0.3 is 10.3 Å². The van der Waals surface area contributed by atoms with Crippen molar-refractivity contribution in [3.05, 3.63) is 64.8 Å². The molecule has 1 aliphatic rings. The number of benzene rings is 1. The highest BCUT2D eigenvalue weighted by atomic mass is 16.1. The largest absolute Gasteiger partial charge is 0.370 e. The van der Waals surface area contributed by atoms with Gasteiger partial charge in [0.15, 0.2) is 0 Å². The van der Waals surface area contributed by atoms with Crippen LogP contribution in [-0.4, -0.2) is 39.5 Å². The number of aromatic amines is 1. The fourth-order valence-corrected chi connectivity index (χ4v) is 3.57. The van der Waals surface area contributed by atoms with Crippen molar-refractivity contribution in [3.63, 3.8) is 0 Å². The van der Waals surface area contributed by atoms with Crippen LogP contribution >= 0.6 is 0 Å². The molecule has 1 aliphatic heterocycles. The molecule has 2 aromatic heterocycles. The molecule has 1 aromatic carbocycles. The minimum atomic E-state index is -0.0648. The number of anilines is 1. The Bertz CT molecular complexity index is 940. The quantitative estimate of drug-likeness (QED) is 0.741. The first-order valence-corrected chi connectivity index (χ1v) is 9.08. The number of hydrogen-bond acceptors (Lipinski definition) is 5. The average Bonchev–Trinajstić information content (AvgIpc) is 3.15. The highest BCUT2D eigenvalue weighted by Crippen LogP contribution is 2.26. The van der Waals surface area contributed by atoms with Gasteiger partial charge in [-0.1, -0.05) is 18.2 Å². The first-order chi connectivity index (χ1) is 12.7. The molecular formula is C20H23N5O. The van der Waals surface area contributed by atoms with Gasteiger partial charge in [0.1, 0.15) is 11.6 Å². The summed E-state index contributed by atoms with van der Waals surface area (Å²) in [6, 6.07) is 13.5. The Labute approximate surface area is 152 Å². The van der Waals surface area contributed by atoms with Crippen molar-refractivity contribution in [2.24, 2.45) is 5.92 Å². The molecule has 6 heteroatoms. The first-order valence-electron chi connectivity index (χ1n) is 9.08. The first kappa shape index (κ1) is 16.7. The number of para-hydroxylation sites is 1. The third kappa shape index (κ3) is 3.46. The number of aromatic nitrogens is 3. The van der Waals surface area contributed by atoms with E-state index in [4.69, 9.17) is 0 Å². The Kier molecular flexibility index (Phi) is 4.67. The summed E-state index contributed by atoms with van der Waals surface area (Å²) in [6.07, 6.45) is 2.93. The van der Waals surface area contributed by atoms with Crippen molar-refractivity contribution < 1.29 is 0 Å². The average molecular weight is 349 g/mol. The molecule has 26 heavy (non-hydrogen) atoms. The van der Waals surface area contributed by atoms with E-state index in [-0.39, 0.29) is 11.6 Å². The minimum Gasteiger partial charge on any atom is -0.370 e. The van der Waals surface area contributed by atoms with Crippen molar-refractivity contribution in [2.75, 3.05) is 25.0 Å². The minimum absolute atomic E-state index is 0.0648. The molecule has 6 nitrogen and oxygen atoms in total. The lowest BCUT2D eigenvalue weighted by Gasteiger charge is -2.23. The smallest absolute Gasteiger partial charge is 0.258 e. The summed E-state index contributed by atoms with van der Waals surface area (Å²) in [7, 11) is 0. The van der Waals surface area contributed by atoms with Gasteiger partial charge in [-0.3, -0.25) is 9.69 Å². The summed E-state index contributed by atoms with van der Waals surface area (Å²) in [5.74, 6) is 2.22. The zero-order valence-corrected chi connectivity index (χ0v) is 14.9. The third-order valence-electron chi connectivity index (χ3n) is 5.13. The van der Waals surface area contributed by atoms with E-state index in [9.17, 15) is 4.79 Å². The summed E-state index contributed by atoms with van der Waals surface area (Å²) in [5.41, 5.74) is 0.690. The molecule has 4 rings (SSSR count). The maximum absolute atomic E-state index is 12.3. The molecule has 3 heterocycles. The Balaban J connectivity index is 1.43. The molecule has 2 N–H and O–H groups in total. The van der Waals surface area contributed by atoms with Crippen molar-refractivity contribution in [2.45, 2.75) is 19.4 Å². The van der Waals surface area contributed by atoms with Gasteiger partial charge in [0, 0.05) is 19.3 Å². The second-order valence-corrected chi connectivity index (χ2v) is 6.89. The van der Waals surface area contributed by atoms with Gasteiger partial charge in [0.25, 0.3) is 5.56 Å². The van der Waals surface area contributed by atoms with Gasteiger partial charge in [-0.2, -0.15) is 0 Å². The summed E-state index contributed by atoms with van der Waals surface area (Å²) >= 11 is 0. The van der Waals surface area contributed by atoms with E-state index in [0.717, 1.165) is 43.2 Å². The van der Waals surface area contributed by atoms with Gasteiger partial charge in [-0.05, 0) is 50.1 Å². The Morgan fingerprint density at radius 3 is 2.96 bits per heavy atom. The standard InChI is InChI=1S/C20H23N5O/c1-14(19-23-17-7-3-2-6-16(17)20(26)24-19)25-11-9-15(13-25)12-22-18-8-4-5-10-21-18/h2-8,10,14-15H,9,11-13H2,1H3,(H,21,22)(H,23,24,26)/t14-,15-/m0/s1. The van der Waals surface area contributed by atoms with Crippen LogP contribution in [0.25, 0.3) is 10.9 Å².